The predicted octanol–water partition coefficient (Wildman–Crippen LogP) is 3.18. The second kappa shape index (κ2) is 8.04. The van der Waals surface area contributed by atoms with Crippen molar-refractivity contribution in [1.82, 2.24) is 0 Å². The monoisotopic (exact) mass is 384 g/mol. The zero-order valence-corrected chi connectivity index (χ0v) is 16.0. The van der Waals surface area contributed by atoms with Crippen molar-refractivity contribution in [2.75, 3.05) is 27.9 Å². The van der Waals surface area contributed by atoms with Gasteiger partial charge in [-0.2, -0.15) is 0 Å². The Morgan fingerprint density at radius 3 is 2.54 bits per heavy atom. The zero-order chi connectivity index (χ0) is 20.3. The molecule has 0 N–H and O–H groups in total. The lowest BCUT2D eigenvalue weighted by molar-refractivity contribution is -0.142. The minimum Gasteiger partial charge on any atom is -0.497 e. The summed E-state index contributed by atoms with van der Waals surface area (Å²) in [5.41, 5.74) is 1.83. The zero-order valence-electron chi connectivity index (χ0n) is 16.0. The third-order valence-corrected chi connectivity index (χ3v) is 4.26. The van der Waals surface area contributed by atoms with Crippen molar-refractivity contribution in [3.8, 4) is 23.0 Å². The van der Waals surface area contributed by atoms with Crippen molar-refractivity contribution in [3.05, 3.63) is 52.8 Å². The Balaban J connectivity index is 1.90. The standard InChI is InChI=1S/C21H20O7/c1-12-7-15(27-11-19(22)26-4)10-17-20(12)21(23)18(28-17)8-13-5-6-14(24-2)9-16(13)25-3/h5-10H,11H2,1-4H3/b18-8-. The molecule has 146 valence electrons. The van der Waals surface area contributed by atoms with E-state index < -0.39 is 5.97 Å². The number of rotatable bonds is 6. The van der Waals surface area contributed by atoms with Gasteiger partial charge in [0.25, 0.3) is 0 Å². The van der Waals surface area contributed by atoms with E-state index in [4.69, 9.17) is 18.9 Å². The molecule has 28 heavy (non-hydrogen) atoms. The maximum absolute atomic E-state index is 12.8. The first-order chi connectivity index (χ1) is 13.5. The average Bonchev–Trinajstić information content (AvgIpc) is 3.02. The number of methoxy groups -OCH3 is 3. The van der Waals surface area contributed by atoms with Crippen LogP contribution in [-0.4, -0.2) is 39.7 Å². The van der Waals surface area contributed by atoms with Crippen molar-refractivity contribution < 1.29 is 33.3 Å². The summed E-state index contributed by atoms with van der Waals surface area (Å²) in [5.74, 6) is 1.43. The fourth-order valence-corrected chi connectivity index (χ4v) is 2.84. The molecule has 7 heteroatoms. The molecule has 0 bridgehead atoms. The number of ketones is 1. The second-order valence-corrected chi connectivity index (χ2v) is 6.03. The Morgan fingerprint density at radius 2 is 1.86 bits per heavy atom. The van der Waals surface area contributed by atoms with Crippen LogP contribution in [0.1, 0.15) is 21.5 Å². The van der Waals surface area contributed by atoms with Gasteiger partial charge in [-0.3, -0.25) is 4.79 Å². The molecule has 1 aliphatic heterocycles. The highest BCUT2D eigenvalue weighted by Crippen LogP contribution is 2.38. The van der Waals surface area contributed by atoms with Crippen LogP contribution in [0.25, 0.3) is 6.08 Å². The van der Waals surface area contributed by atoms with Crippen LogP contribution in [0.2, 0.25) is 0 Å². The molecular formula is C21H20O7. The van der Waals surface area contributed by atoms with E-state index in [1.165, 1.54) is 14.2 Å². The van der Waals surface area contributed by atoms with Crippen LogP contribution in [0.3, 0.4) is 0 Å². The van der Waals surface area contributed by atoms with Gasteiger partial charge in [-0.1, -0.05) is 0 Å². The van der Waals surface area contributed by atoms with Crippen LogP contribution >= 0.6 is 0 Å². The van der Waals surface area contributed by atoms with Crippen molar-refractivity contribution in [2.24, 2.45) is 0 Å². The average molecular weight is 384 g/mol. The number of fused-ring (bicyclic) bond motifs is 1. The van der Waals surface area contributed by atoms with E-state index >= 15 is 0 Å². The smallest absolute Gasteiger partial charge is 0.343 e. The third kappa shape index (κ3) is 3.78. The van der Waals surface area contributed by atoms with Crippen molar-refractivity contribution >= 4 is 17.8 Å². The molecule has 1 aliphatic rings. The molecule has 0 aromatic heterocycles. The fraction of sp³-hybridized carbons (Fsp3) is 0.238. The van der Waals surface area contributed by atoms with Gasteiger partial charge < -0.3 is 23.7 Å². The van der Waals surface area contributed by atoms with Gasteiger partial charge in [-0.25, -0.2) is 4.79 Å². The lowest BCUT2D eigenvalue weighted by Crippen LogP contribution is -2.12. The molecule has 0 fully saturated rings. The Bertz CT molecular complexity index is 959. The van der Waals surface area contributed by atoms with Crippen LogP contribution in [0.15, 0.2) is 36.1 Å². The molecule has 2 aromatic rings. The number of hydrogen-bond donors (Lipinski definition) is 0. The normalized spacial score (nSPS) is 13.7. The van der Waals surface area contributed by atoms with E-state index in [9.17, 15) is 9.59 Å². The minimum atomic E-state index is -0.498. The maximum atomic E-state index is 12.8. The Kier molecular flexibility index (Phi) is 5.54. The first kappa shape index (κ1) is 19.3. The number of carbonyl (C=O) groups is 2. The van der Waals surface area contributed by atoms with E-state index in [0.29, 0.717) is 39.7 Å². The minimum absolute atomic E-state index is 0.173. The molecule has 2 aromatic carbocycles. The first-order valence-corrected chi connectivity index (χ1v) is 8.47. The van der Waals surface area contributed by atoms with Gasteiger partial charge in [0.1, 0.15) is 23.0 Å². The lowest BCUT2D eigenvalue weighted by atomic mass is 10.0. The molecule has 0 unspecified atom stereocenters. The van der Waals surface area contributed by atoms with Gasteiger partial charge in [-0.15, -0.1) is 0 Å². The summed E-state index contributed by atoms with van der Waals surface area (Å²) in [4.78, 5) is 24.0. The summed E-state index contributed by atoms with van der Waals surface area (Å²) in [6.45, 7) is 1.55. The van der Waals surface area contributed by atoms with Crippen LogP contribution in [0, 0.1) is 6.92 Å². The summed E-state index contributed by atoms with van der Waals surface area (Å²) in [7, 11) is 4.39. The summed E-state index contributed by atoms with van der Waals surface area (Å²) in [6, 6.07) is 8.53. The molecule has 1 heterocycles. The van der Waals surface area contributed by atoms with E-state index in [2.05, 4.69) is 4.74 Å². The summed E-state index contributed by atoms with van der Waals surface area (Å²) in [6.07, 6.45) is 1.62. The van der Waals surface area contributed by atoms with Gasteiger partial charge in [0, 0.05) is 17.7 Å². The molecular weight excluding hydrogens is 364 g/mol. The molecule has 3 rings (SSSR count). The van der Waals surface area contributed by atoms with Crippen molar-refractivity contribution in [3.63, 3.8) is 0 Å². The molecule has 7 nitrogen and oxygen atoms in total. The number of allylic oxidation sites excluding steroid dienone is 1. The highest BCUT2D eigenvalue weighted by atomic mass is 16.6. The molecule has 0 spiro atoms. The maximum Gasteiger partial charge on any atom is 0.343 e. The van der Waals surface area contributed by atoms with Gasteiger partial charge in [0.2, 0.25) is 5.78 Å². The third-order valence-electron chi connectivity index (χ3n) is 4.26. The highest BCUT2D eigenvalue weighted by Gasteiger charge is 2.30. The summed E-state index contributed by atoms with van der Waals surface area (Å²) >= 11 is 0. The van der Waals surface area contributed by atoms with Crippen LogP contribution in [-0.2, 0) is 9.53 Å². The van der Waals surface area contributed by atoms with Gasteiger partial charge >= 0.3 is 5.97 Å². The number of esters is 1. The predicted molar refractivity (Wildman–Crippen MR) is 101 cm³/mol. The molecule has 0 aliphatic carbocycles. The van der Waals surface area contributed by atoms with Gasteiger partial charge in [0.05, 0.1) is 26.9 Å². The van der Waals surface area contributed by atoms with Crippen LogP contribution < -0.4 is 18.9 Å². The molecule has 0 amide bonds. The Morgan fingerprint density at radius 1 is 1.07 bits per heavy atom. The summed E-state index contributed by atoms with van der Waals surface area (Å²) in [5, 5.41) is 0. The quantitative estimate of drug-likeness (QED) is 0.559. The lowest BCUT2D eigenvalue weighted by Gasteiger charge is -2.08. The van der Waals surface area contributed by atoms with E-state index in [1.807, 2.05) is 0 Å². The topological polar surface area (TPSA) is 80.3 Å². The number of Topliss-reactive ketones (excluding diaryl/α,β-unsaturated/α-hetero) is 1. The summed E-state index contributed by atoms with van der Waals surface area (Å²) < 4.78 is 26.3. The number of hydrogen-bond acceptors (Lipinski definition) is 7. The number of benzene rings is 2. The van der Waals surface area contributed by atoms with E-state index in [0.717, 1.165) is 0 Å². The van der Waals surface area contributed by atoms with Crippen molar-refractivity contribution in [2.45, 2.75) is 6.92 Å². The number of aryl methyl sites for hydroxylation is 1. The highest BCUT2D eigenvalue weighted by molar-refractivity contribution is 6.15. The van der Waals surface area contributed by atoms with Crippen molar-refractivity contribution in [1.29, 1.82) is 0 Å². The fourth-order valence-electron chi connectivity index (χ4n) is 2.84. The molecule has 0 radical (unpaired) electrons. The Hall–Kier alpha value is -3.48. The van der Waals surface area contributed by atoms with Gasteiger partial charge in [0.15, 0.2) is 12.4 Å². The number of ether oxygens (including phenoxy) is 5. The van der Waals surface area contributed by atoms with Crippen LogP contribution in [0.4, 0.5) is 0 Å². The van der Waals surface area contributed by atoms with E-state index in [1.54, 1.807) is 50.4 Å². The largest absolute Gasteiger partial charge is 0.497 e. The molecule has 0 saturated heterocycles. The van der Waals surface area contributed by atoms with Gasteiger partial charge in [-0.05, 0) is 36.8 Å². The van der Waals surface area contributed by atoms with E-state index in [-0.39, 0.29) is 18.1 Å². The first-order valence-electron chi connectivity index (χ1n) is 8.47. The van der Waals surface area contributed by atoms with Crippen LogP contribution in [0.5, 0.6) is 23.0 Å². The Labute approximate surface area is 162 Å². The SMILES string of the molecule is COC(=O)COc1cc(C)c2c(c1)O/C(=C\c1ccc(OC)cc1OC)C2=O. The number of carbonyl (C=O) groups excluding carboxylic acids is 2. The molecule has 0 saturated carbocycles. The second-order valence-electron chi connectivity index (χ2n) is 6.03. The molecule has 0 atom stereocenters.